The van der Waals surface area contributed by atoms with Gasteiger partial charge in [0.2, 0.25) is 0 Å². The average molecular weight is 237 g/mol. The van der Waals surface area contributed by atoms with Crippen LogP contribution in [-0.2, 0) is 0 Å². The lowest BCUT2D eigenvalue weighted by Crippen LogP contribution is -2.26. The summed E-state index contributed by atoms with van der Waals surface area (Å²) in [5.74, 6) is 1.68. The quantitative estimate of drug-likeness (QED) is 0.834. The standard InChI is InChI=1S/C14H23NS/c1-3-11-4-6-12(7-5-11)14(15)13-9-16-8-10(13)2/h8-9,11-12,14H,3-7,15H2,1-2H3. The molecule has 0 saturated heterocycles. The summed E-state index contributed by atoms with van der Waals surface area (Å²) >= 11 is 1.78. The van der Waals surface area contributed by atoms with Crippen molar-refractivity contribution in [3.05, 3.63) is 21.9 Å². The second kappa shape index (κ2) is 5.33. The van der Waals surface area contributed by atoms with Crippen LogP contribution >= 0.6 is 11.3 Å². The molecule has 2 rings (SSSR count). The monoisotopic (exact) mass is 237 g/mol. The zero-order chi connectivity index (χ0) is 11.5. The van der Waals surface area contributed by atoms with E-state index in [9.17, 15) is 0 Å². The second-order valence-electron chi connectivity index (χ2n) is 5.22. The third-order valence-corrected chi connectivity index (χ3v) is 5.11. The SMILES string of the molecule is CCC1CCC(C(N)c2cscc2C)CC1. The van der Waals surface area contributed by atoms with Gasteiger partial charge >= 0.3 is 0 Å². The van der Waals surface area contributed by atoms with Gasteiger partial charge < -0.3 is 5.73 Å². The second-order valence-corrected chi connectivity index (χ2v) is 5.97. The molecule has 16 heavy (non-hydrogen) atoms. The molecular formula is C14H23NS. The molecule has 1 atom stereocenters. The van der Waals surface area contributed by atoms with Gasteiger partial charge in [-0.1, -0.05) is 26.2 Å². The lowest BCUT2D eigenvalue weighted by Gasteiger charge is -2.31. The smallest absolute Gasteiger partial charge is 0.0334 e. The molecule has 1 aromatic rings. The average Bonchev–Trinajstić information content (AvgIpc) is 2.75. The number of aryl methyl sites for hydroxylation is 1. The van der Waals surface area contributed by atoms with Gasteiger partial charge in [0.25, 0.3) is 0 Å². The number of hydrogen-bond donors (Lipinski definition) is 1. The predicted octanol–water partition coefficient (Wildman–Crippen LogP) is 4.27. The summed E-state index contributed by atoms with van der Waals surface area (Å²) in [5.41, 5.74) is 9.19. The third-order valence-electron chi connectivity index (χ3n) is 4.23. The fourth-order valence-electron chi connectivity index (χ4n) is 2.92. The van der Waals surface area contributed by atoms with Gasteiger partial charge in [-0.3, -0.25) is 0 Å². The first kappa shape index (κ1) is 12.1. The molecule has 0 aromatic carbocycles. The van der Waals surface area contributed by atoms with E-state index in [1.807, 2.05) is 0 Å². The highest BCUT2D eigenvalue weighted by Gasteiger charge is 2.26. The van der Waals surface area contributed by atoms with Crippen molar-refractivity contribution < 1.29 is 0 Å². The van der Waals surface area contributed by atoms with Crippen molar-refractivity contribution in [2.75, 3.05) is 0 Å². The van der Waals surface area contributed by atoms with Crippen LogP contribution in [-0.4, -0.2) is 0 Å². The van der Waals surface area contributed by atoms with E-state index in [1.54, 1.807) is 11.3 Å². The Kier molecular flexibility index (Phi) is 4.04. The van der Waals surface area contributed by atoms with Crippen LogP contribution < -0.4 is 5.73 Å². The number of thiophene rings is 1. The van der Waals surface area contributed by atoms with Crippen LogP contribution in [0.2, 0.25) is 0 Å². The van der Waals surface area contributed by atoms with E-state index in [2.05, 4.69) is 24.6 Å². The predicted molar refractivity (Wildman–Crippen MR) is 71.7 cm³/mol. The molecular weight excluding hydrogens is 214 g/mol. The van der Waals surface area contributed by atoms with Crippen molar-refractivity contribution in [1.29, 1.82) is 0 Å². The third kappa shape index (κ3) is 2.49. The van der Waals surface area contributed by atoms with E-state index >= 15 is 0 Å². The van der Waals surface area contributed by atoms with Crippen LogP contribution in [0.25, 0.3) is 0 Å². The maximum atomic E-state index is 6.41. The first-order valence-corrected chi connectivity index (χ1v) is 7.45. The van der Waals surface area contributed by atoms with Crippen LogP contribution in [0.1, 0.15) is 56.2 Å². The molecule has 0 bridgehead atoms. The molecule has 1 aliphatic carbocycles. The fourth-order valence-corrected chi connectivity index (χ4v) is 3.82. The van der Waals surface area contributed by atoms with Crippen LogP contribution in [0.3, 0.4) is 0 Å². The summed E-state index contributed by atoms with van der Waals surface area (Å²) < 4.78 is 0. The van der Waals surface area contributed by atoms with Crippen LogP contribution in [0.4, 0.5) is 0 Å². The maximum Gasteiger partial charge on any atom is 0.0334 e. The van der Waals surface area contributed by atoms with Gasteiger partial charge in [0.15, 0.2) is 0 Å². The van der Waals surface area contributed by atoms with Crippen molar-refractivity contribution in [1.82, 2.24) is 0 Å². The first-order valence-electron chi connectivity index (χ1n) is 6.50. The van der Waals surface area contributed by atoms with Gasteiger partial charge in [0, 0.05) is 6.04 Å². The van der Waals surface area contributed by atoms with Crippen LogP contribution in [0, 0.1) is 18.8 Å². The molecule has 0 amide bonds. The Bertz CT molecular complexity index is 323. The molecule has 0 aliphatic heterocycles. The van der Waals surface area contributed by atoms with Crippen molar-refractivity contribution in [3.8, 4) is 0 Å². The summed E-state index contributed by atoms with van der Waals surface area (Å²) in [7, 11) is 0. The molecule has 1 aliphatic rings. The summed E-state index contributed by atoms with van der Waals surface area (Å²) in [6.45, 7) is 4.50. The molecule has 1 heterocycles. The molecule has 0 spiro atoms. The summed E-state index contributed by atoms with van der Waals surface area (Å²) in [4.78, 5) is 0. The van der Waals surface area contributed by atoms with Gasteiger partial charge in [0.05, 0.1) is 0 Å². The number of hydrogen-bond acceptors (Lipinski definition) is 2. The highest BCUT2D eigenvalue weighted by Crippen LogP contribution is 2.38. The minimum atomic E-state index is 0.282. The largest absolute Gasteiger partial charge is 0.324 e. The van der Waals surface area contributed by atoms with E-state index in [0.29, 0.717) is 0 Å². The van der Waals surface area contributed by atoms with Crippen molar-refractivity contribution in [2.24, 2.45) is 17.6 Å². The lowest BCUT2D eigenvalue weighted by molar-refractivity contribution is 0.240. The van der Waals surface area contributed by atoms with E-state index in [-0.39, 0.29) is 6.04 Å². The van der Waals surface area contributed by atoms with Gasteiger partial charge in [0.1, 0.15) is 0 Å². The zero-order valence-corrected chi connectivity index (χ0v) is 11.2. The van der Waals surface area contributed by atoms with Gasteiger partial charge in [-0.2, -0.15) is 11.3 Å². The number of nitrogens with two attached hydrogens (primary N) is 1. The Balaban J connectivity index is 1.97. The summed E-state index contributed by atoms with van der Waals surface area (Å²) in [5, 5.41) is 4.46. The van der Waals surface area contributed by atoms with Gasteiger partial charge in [-0.05, 0) is 53.5 Å². The Morgan fingerprint density at radius 2 is 2.00 bits per heavy atom. The minimum Gasteiger partial charge on any atom is -0.324 e. The maximum absolute atomic E-state index is 6.41. The molecule has 90 valence electrons. The Hall–Kier alpha value is -0.340. The first-order chi connectivity index (χ1) is 7.72. The van der Waals surface area contributed by atoms with Crippen molar-refractivity contribution in [2.45, 2.75) is 52.0 Å². The Morgan fingerprint density at radius 3 is 2.50 bits per heavy atom. The fraction of sp³-hybridized carbons (Fsp3) is 0.714. The summed E-state index contributed by atoms with van der Waals surface area (Å²) in [6.07, 6.45) is 6.78. The highest BCUT2D eigenvalue weighted by atomic mass is 32.1. The van der Waals surface area contributed by atoms with Gasteiger partial charge in [-0.25, -0.2) is 0 Å². The highest BCUT2D eigenvalue weighted by molar-refractivity contribution is 7.08. The van der Waals surface area contributed by atoms with Crippen molar-refractivity contribution in [3.63, 3.8) is 0 Å². The van der Waals surface area contributed by atoms with E-state index in [4.69, 9.17) is 5.73 Å². The normalized spacial score (nSPS) is 27.9. The molecule has 0 radical (unpaired) electrons. The molecule has 2 heteroatoms. The molecule has 1 aromatic heterocycles. The van der Waals surface area contributed by atoms with Crippen LogP contribution in [0.15, 0.2) is 10.8 Å². The zero-order valence-electron chi connectivity index (χ0n) is 10.4. The number of rotatable bonds is 3. The van der Waals surface area contributed by atoms with E-state index in [0.717, 1.165) is 11.8 Å². The topological polar surface area (TPSA) is 26.0 Å². The molecule has 1 fully saturated rings. The lowest BCUT2D eigenvalue weighted by atomic mass is 9.76. The molecule has 1 saturated carbocycles. The summed E-state index contributed by atoms with van der Waals surface area (Å²) in [6, 6.07) is 0.282. The van der Waals surface area contributed by atoms with E-state index < -0.39 is 0 Å². The molecule has 1 unspecified atom stereocenters. The molecule has 2 N–H and O–H groups in total. The van der Waals surface area contributed by atoms with Gasteiger partial charge in [-0.15, -0.1) is 0 Å². The minimum absolute atomic E-state index is 0.282. The van der Waals surface area contributed by atoms with Crippen LogP contribution in [0.5, 0.6) is 0 Å². The Morgan fingerprint density at radius 1 is 1.31 bits per heavy atom. The van der Waals surface area contributed by atoms with E-state index in [1.165, 1.54) is 43.2 Å². The van der Waals surface area contributed by atoms with Crippen molar-refractivity contribution >= 4 is 11.3 Å². The Labute approximate surface area is 103 Å². The molecule has 1 nitrogen and oxygen atoms in total.